The van der Waals surface area contributed by atoms with Crippen molar-refractivity contribution >= 4 is 49.0 Å². The molecule has 0 aliphatic heterocycles. The van der Waals surface area contributed by atoms with E-state index >= 15 is 0 Å². The van der Waals surface area contributed by atoms with Gasteiger partial charge in [-0.3, -0.25) is 4.79 Å². The van der Waals surface area contributed by atoms with Gasteiger partial charge in [0, 0.05) is 11.0 Å². The minimum absolute atomic E-state index is 0.122. The summed E-state index contributed by atoms with van der Waals surface area (Å²) in [7, 11) is 0. The highest BCUT2D eigenvalue weighted by molar-refractivity contribution is 9.12. The summed E-state index contributed by atoms with van der Waals surface area (Å²) in [6, 6.07) is 1.93. The maximum Gasteiger partial charge on any atom is 0.170 e. The van der Waals surface area contributed by atoms with Gasteiger partial charge in [0.1, 0.15) is 0 Å². The van der Waals surface area contributed by atoms with E-state index in [1.54, 1.807) is 11.3 Å². The van der Waals surface area contributed by atoms with Gasteiger partial charge in [-0.2, -0.15) is 0 Å². The van der Waals surface area contributed by atoms with Gasteiger partial charge in [-0.1, -0.05) is 19.8 Å². The number of ketones is 1. The van der Waals surface area contributed by atoms with Gasteiger partial charge in [0.25, 0.3) is 0 Å². The zero-order chi connectivity index (χ0) is 11.1. The summed E-state index contributed by atoms with van der Waals surface area (Å²) in [4.78, 5) is 12.4. The van der Waals surface area contributed by atoms with Crippen molar-refractivity contribution in [2.45, 2.75) is 32.6 Å². The second-order valence-corrected chi connectivity index (χ2v) is 8.08. The van der Waals surface area contributed by atoms with Crippen LogP contribution in [0.4, 0.5) is 0 Å². The van der Waals surface area contributed by atoms with Crippen molar-refractivity contribution in [3.63, 3.8) is 0 Å². The smallest absolute Gasteiger partial charge is 0.170 e. The Morgan fingerprint density at radius 3 is 2.47 bits per heavy atom. The predicted molar refractivity (Wildman–Crippen MR) is 70.6 cm³/mol. The van der Waals surface area contributed by atoms with Gasteiger partial charge in [-0.15, -0.1) is 11.3 Å². The summed E-state index contributed by atoms with van der Waals surface area (Å²) in [5.74, 6) is 0.300. The van der Waals surface area contributed by atoms with Crippen LogP contribution >= 0.6 is 43.2 Å². The number of halogens is 2. The van der Waals surface area contributed by atoms with Crippen molar-refractivity contribution in [1.29, 1.82) is 0 Å². The van der Waals surface area contributed by atoms with Crippen LogP contribution < -0.4 is 0 Å². The number of Topliss-reactive ketones (excluding diaryl/α,β-unsaturated/α-hetero) is 1. The number of thiophene rings is 1. The van der Waals surface area contributed by atoms with Crippen LogP contribution in [-0.4, -0.2) is 5.78 Å². The molecule has 1 fully saturated rings. The molecule has 1 saturated carbocycles. The lowest BCUT2D eigenvalue weighted by Gasteiger charge is -2.21. The Balaban J connectivity index is 2.31. The summed E-state index contributed by atoms with van der Waals surface area (Å²) in [6.45, 7) is 2.10. The number of hydrogen-bond acceptors (Lipinski definition) is 2. The van der Waals surface area contributed by atoms with E-state index in [1.807, 2.05) is 6.07 Å². The third-order valence-electron chi connectivity index (χ3n) is 3.16. The van der Waals surface area contributed by atoms with Gasteiger partial charge >= 0.3 is 0 Å². The molecule has 1 aliphatic carbocycles. The SMILES string of the molecule is CC1(C(=O)c2cc(Br)sc2Br)CCCC1. The summed E-state index contributed by atoms with van der Waals surface area (Å²) in [5, 5.41) is 0. The Morgan fingerprint density at radius 2 is 2.00 bits per heavy atom. The summed E-state index contributed by atoms with van der Waals surface area (Å²) < 4.78 is 1.96. The van der Waals surface area contributed by atoms with Gasteiger partial charge in [0.05, 0.1) is 7.57 Å². The highest BCUT2D eigenvalue weighted by Crippen LogP contribution is 2.43. The fourth-order valence-corrected chi connectivity index (χ4v) is 5.00. The molecule has 0 bridgehead atoms. The van der Waals surface area contributed by atoms with E-state index < -0.39 is 0 Å². The van der Waals surface area contributed by atoms with E-state index in [9.17, 15) is 4.79 Å². The van der Waals surface area contributed by atoms with Gasteiger partial charge in [0.2, 0.25) is 0 Å². The Morgan fingerprint density at radius 1 is 1.40 bits per heavy atom. The van der Waals surface area contributed by atoms with Crippen LogP contribution in [0.3, 0.4) is 0 Å². The highest BCUT2D eigenvalue weighted by Gasteiger charge is 2.37. The maximum absolute atomic E-state index is 12.4. The molecule has 82 valence electrons. The quantitative estimate of drug-likeness (QED) is 0.682. The van der Waals surface area contributed by atoms with E-state index in [-0.39, 0.29) is 5.41 Å². The molecule has 1 aromatic heterocycles. The molecule has 1 aromatic rings. The second-order valence-electron chi connectivity index (χ2n) is 4.33. The van der Waals surface area contributed by atoms with E-state index in [2.05, 4.69) is 38.8 Å². The summed E-state index contributed by atoms with van der Waals surface area (Å²) in [6.07, 6.45) is 4.44. The zero-order valence-electron chi connectivity index (χ0n) is 8.48. The van der Waals surface area contributed by atoms with E-state index in [1.165, 1.54) is 12.8 Å². The van der Waals surface area contributed by atoms with Crippen LogP contribution in [0.2, 0.25) is 0 Å². The maximum atomic E-state index is 12.4. The van der Waals surface area contributed by atoms with E-state index in [0.717, 1.165) is 26.0 Å². The molecule has 0 atom stereocenters. The second kappa shape index (κ2) is 4.30. The highest BCUT2D eigenvalue weighted by atomic mass is 79.9. The molecule has 1 nitrogen and oxygen atoms in total. The molecule has 0 N–H and O–H groups in total. The molecular weight excluding hydrogens is 340 g/mol. The molecule has 0 spiro atoms. The molecule has 4 heteroatoms. The topological polar surface area (TPSA) is 17.1 Å². The van der Waals surface area contributed by atoms with E-state index in [0.29, 0.717) is 5.78 Å². The molecule has 2 rings (SSSR count). The largest absolute Gasteiger partial charge is 0.293 e. The molecule has 0 radical (unpaired) electrons. The van der Waals surface area contributed by atoms with Crippen molar-refractivity contribution in [2.75, 3.05) is 0 Å². The zero-order valence-corrected chi connectivity index (χ0v) is 12.5. The van der Waals surface area contributed by atoms with Crippen LogP contribution in [-0.2, 0) is 0 Å². The molecule has 0 unspecified atom stereocenters. The minimum atomic E-state index is -0.122. The average molecular weight is 352 g/mol. The summed E-state index contributed by atoms with van der Waals surface area (Å²) in [5.41, 5.74) is 0.722. The number of carbonyl (C=O) groups excluding carboxylic acids is 1. The van der Waals surface area contributed by atoms with Crippen molar-refractivity contribution in [3.8, 4) is 0 Å². The van der Waals surface area contributed by atoms with E-state index in [4.69, 9.17) is 0 Å². The fraction of sp³-hybridized carbons (Fsp3) is 0.545. The molecule has 0 saturated heterocycles. The first-order valence-electron chi connectivity index (χ1n) is 5.02. The normalized spacial score (nSPS) is 19.4. The number of hydrogen-bond donors (Lipinski definition) is 0. The minimum Gasteiger partial charge on any atom is -0.293 e. The molecule has 0 aromatic carbocycles. The lowest BCUT2D eigenvalue weighted by Crippen LogP contribution is -2.24. The molecular formula is C11H12Br2OS. The van der Waals surface area contributed by atoms with Crippen LogP contribution in [0, 0.1) is 5.41 Å². The van der Waals surface area contributed by atoms with Crippen molar-refractivity contribution in [2.24, 2.45) is 5.41 Å². The third-order valence-corrected chi connectivity index (χ3v) is 5.50. The van der Waals surface area contributed by atoms with Crippen molar-refractivity contribution in [3.05, 3.63) is 19.2 Å². The standard InChI is InChI=1S/C11H12Br2OS/c1-11(4-2-3-5-11)9(14)7-6-8(12)15-10(7)13/h6H,2-5H2,1H3. The first-order chi connectivity index (χ1) is 7.03. The Hall–Kier alpha value is 0.330. The average Bonchev–Trinajstić information content (AvgIpc) is 2.73. The Labute approximate surface area is 111 Å². The Kier molecular flexibility index (Phi) is 3.39. The van der Waals surface area contributed by atoms with Gasteiger partial charge in [0.15, 0.2) is 5.78 Å². The van der Waals surface area contributed by atoms with Gasteiger partial charge < -0.3 is 0 Å². The van der Waals surface area contributed by atoms with Crippen LogP contribution in [0.1, 0.15) is 43.0 Å². The van der Waals surface area contributed by atoms with Crippen LogP contribution in [0.25, 0.3) is 0 Å². The molecule has 1 heterocycles. The molecule has 1 aliphatic rings. The summed E-state index contributed by atoms with van der Waals surface area (Å²) >= 11 is 8.44. The van der Waals surface area contributed by atoms with Gasteiger partial charge in [-0.05, 0) is 50.8 Å². The molecule has 0 amide bonds. The number of carbonyl (C=O) groups is 1. The lowest BCUT2D eigenvalue weighted by atomic mass is 9.81. The number of rotatable bonds is 2. The first kappa shape index (κ1) is 11.8. The van der Waals surface area contributed by atoms with Crippen LogP contribution in [0.15, 0.2) is 13.6 Å². The third kappa shape index (κ3) is 2.22. The predicted octanol–water partition coefficient (Wildman–Crippen LogP) is 5.04. The van der Waals surface area contributed by atoms with Crippen molar-refractivity contribution in [1.82, 2.24) is 0 Å². The molecule has 15 heavy (non-hydrogen) atoms. The monoisotopic (exact) mass is 350 g/mol. The fourth-order valence-electron chi connectivity index (χ4n) is 2.20. The van der Waals surface area contributed by atoms with Crippen molar-refractivity contribution < 1.29 is 4.79 Å². The van der Waals surface area contributed by atoms with Crippen LogP contribution in [0.5, 0.6) is 0 Å². The van der Waals surface area contributed by atoms with Gasteiger partial charge in [-0.25, -0.2) is 0 Å². The lowest BCUT2D eigenvalue weighted by molar-refractivity contribution is 0.0823. The first-order valence-corrected chi connectivity index (χ1v) is 7.43. The Bertz CT molecular complexity index is 391.